The summed E-state index contributed by atoms with van der Waals surface area (Å²) >= 11 is 5.42. The van der Waals surface area contributed by atoms with Crippen LogP contribution in [0.2, 0.25) is 0 Å². The van der Waals surface area contributed by atoms with Crippen molar-refractivity contribution in [2.75, 3.05) is 32.2 Å². The number of rotatable bonds is 33. The number of carbonyl (C=O) groups is 2. The lowest BCUT2D eigenvalue weighted by molar-refractivity contribution is -0.154. The Kier molecular flexibility index (Phi) is 56.5. The fraction of sp³-hybridized carbons (Fsp3) is 0.375. The molecule has 26 nitrogen and oxygen atoms in total. The van der Waals surface area contributed by atoms with Crippen LogP contribution in [0.4, 0.5) is 61.9 Å². The van der Waals surface area contributed by atoms with E-state index in [1.54, 1.807) is 178 Å². The van der Waals surface area contributed by atoms with Gasteiger partial charge in [-0.05, 0) is 214 Å². The van der Waals surface area contributed by atoms with E-state index in [1.807, 2.05) is 60.7 Å². The minimum absolute atomic E-state index is 0. The van der Waals surface area contributed by atoms with Crippen LogP contribution in [0.5, 0.6) is 28.7 Å². The fourth-order valence-electron chi connectivity index (χ4n) is 10.8. The van der Waals surface area contributed by atoms with Gasteiger partial charge in [-0.2, -0.15) is 25.5 Å². The number of aromatic amines is 1. The quantitative estimate of drug-likeness (QED) is 0.0169. The molecular formula is C96H124Cl2F13N17O9. The summed E-state index contributed by atoms with van der Waals surface area (Å²) in [5, 5.41) is 33.8. The zero-order valence-corrected chi connectivity index (χ0v) is 74.5. The van der Waals surface area contributed by atoms with Crippen molar-refractivity contribution in [1.82, 2.24) is 79.6 Å². The average molecular weight is 1980 g/mol. The fourth-order valence-corrected chi connectivity index (χ4v) is 11.0. The molecule has 0 spiro atoms. The van der Waals surface area contributed by atoms with Gasteiger partial charge in [0.25, 0.3) is 32.1 Å². The maximum absolute atomic E-state index is 13.1. The van der Waals surface area contributed by atoms with Crippen LogP contribution in [0.25, 0.3) is 56.9 Å². The number of aryl methyl sites for hydroxylation is 4. The molecule has 0 unspecified atom stereocenters. The number of esters is 1. The lowest BCUT2D eigenvalue weighted by Crippen LogP contribution is -2.34. The SMILES string of the molecule is C.C.C.C.C.C.CC(C)(C)OC(=O)CC/C(=C\F)CCl.CCn1nc(-c2ccc(O)cc2)nc1C(F)F.CCn1nc(-c2ccc(OC/C(=C/F)CN)cc2)nc1C(F)F.CCn1nc(-c2ccc(OC/C(=C/F)CNC(=O)OC(C)(C)C)cc2)nc1C(F)F.CCn1nc(-c2ccc(OCc3ccccc3)cc2)nc1C(F)F.Cl.FC(F)c1nc(-c2ccc(OCc3ccccc3)cc2)n[nH]1. The molecule has 5 aromatic heterocycles. The molecule has 0 aliphatic heterocycles. The Bertz CT molecular complexity index is 5490. The lowest BCUT2D eigenvalue weighted by atomic mass is 10.1. The summed E-state index contributed by atoms with van der Waals surface area (Å²) in [5.41, 5.74) is 10.3. The minimum atomic E-state index is -2.71. The highest BCUT2D eigenvalue weighted by Gasteiger charge is 2.25. The van der Waals surface area contributed by atoms with Crippen LogP contribution in [0.1, 0.15) is 199 Å². The van der Waals surface area contributed by atoms with E-state index < -0.39 is 55.2 Å². The van der Waals surface area contributed by atoms with Gasteiger partial charge in [-0.25, -0.2) is 106 Å². The van der Waals surface area contributed by atoms with E-state index in [1.165, 1.54) is 26.2 Å². The number of phenolic OH excluding ortho intramolecular Hbond substituents is 1. The van der Waals surface area contributed by atoms with Crippen LogP contribution in [0, 0.1) is 0 Å². The third-order valence-corrected chi connectivity index (χ3v) is 17.6. The number of H-pyrrole nitrogens is 1. The van der Waals surface area contributed by atoms with E-state index in [2.05, 4.69) is 60.8 Å². The molecule has 0 saturated carbocycles. The number of amides is 1. The first-order valence-corrected chi connectivity index (χ1v) is 40.9. The molecule has 12 aromatic rings. The van der Waals surface area contributed by atoms with Gasteiger partial charge in [-0.3, -0.25) is 9.89 Å². The Labute approximate surface area is 802 Å². The van der Waals surface area contributed by atoms with Crippen LogP contribution in [0.15, 0.2) is 218 Å². The minimum Gasteiger partial charge on any atom is -0.508 e. The summed E-state index contributed by atoms with van der Waals surface area (Å²) in [7, 11) is 0. The van der Waals surface area contributed by atoms with E-state index in [-0.39, 0.29) is 166 Å². The predicted octanol–water partition coefficient (Wildman–Crippen LogP) is 26.3. The van der Waals surface area contributed by atoms with Crippen molar-refractivity contribution >= 4 is 36.1 Å². The molecule has 752 valence electrons. The zero-order chi connectivity index (χ0) is 95.0. The first kappa shape index (κ1) is 124. The Hall–Kier alpha value is -13.2. The van der Waals surface area contributed by atoms with Gasteiger partial charge in [0.2, 0.25) is 0 Å². The van der Waals surface area contributed by atoms with E-state index in [0.29, 0.717) is 126 Å². The van der Waals surface area contributed by atoms with Gasteiger partial charge in [-0.1, -0.05) is 105 Å². The van der Waals surface area contributed by atoms with Gasteiger partial charge >= 0.3 is 12.1 Å². The van der Waals surface area contributed by atoms with Gasteiger partial charge < -0.3 is 44.6 Å². The van der Waals surface area contributed by atoms with Crippen molar-refractivity contribution in [3.63, 3.8) is 0 Å². The second-order valence-electron chi connectivity index (χ2n) is 29.3. The van der Waals surface area contributed by atoms with E-state index >= 15 is 0 Å². The number of allylic oxidation sites excluding steroid dienone is 1. The number of hydrogen-bond donors (Lipinski definition) is 4. The van der Waals surface area contributed by atoms with Crippen LogP contribution in [0.3, 0.4) is 0 Å². The second kappa shape index (κ2) is 62.5. The summed E-state index contributed by atoms with van der Waals surface area (Å²) in [5.74, 6) is 1.57. The lowest BCUT2D eigenvalue weighted by Gasteiger charge is -2.20. The van der Waals surface area contributed by atoms with E-state index in [0.717, 1.165) is 15.8 Å². The number of aromatic nitrogens is 15. The zero-order valence-electron chi connectivity index (χ0n) is 72.9. The van der Waals surface area contributed by atoms with Gasteiger partial charge in [0.15, 0.2) is 58.2 Å². The number of nitrogens with two attached hydrogens (primary N) is 1. The Morgan fingerprint density at radius 3 is 1.00 bits per heavy atom. The van der Waals surface area contributed by atoms with Crippen molar-refractivity contribution < 1.29 is 100 Å². The molecule has 0 radical (unpaired) electrons. The summed E-state index contributed by atoms with van der Waals surface area (Å²) in [6, 6.07) is 52.9. The molecule has 0 saturated heterocycles. The number of nitrogens with zero attached hydrogens (tertiary/aromatic N) is 14. The van der Waals surface area contributed by atoms with Crippen LogP contribution in [-0.2, 0) is 53.7 Å². The number of alkyl carbamates (subject to hydrolysis) is 1. The van der Waals surface area contributed by atoms with Gasteiger partial charge in [0.05, 0.1) is 19.0 Å². The Morgan fingerprint density at radius 1 is 0.423 bits per heavy atom. The molecule has 0 aliphatic carbocycles. The number of ether oxygens (including phenoxy) is 6. The van der Waals surface area contributed by atoms with Gasteiger partial charge in [-0.15, -0.1) is 24.0 Å². The predicted molar refractivity (Wildman–Crippen MR) is 510 cm³/mol. The number of phenols is 1. The average Bonchev–Trinajstić information content (AvgIpc) is 1.70. The number of carbonyl (C=O) groups excluding carboxylic acids is 2. The topological polar surface area (TPSA) is 312 Å². The summed E-state index contributed by atoms with van der Waals surface area (Å²) < 4.78 is 202. The van der Waals surface area contributed by atoms with Crippen molar-refractivity contribution in [2.24, 2.45) is 5.73 Å². The highest BCUT2D eigenvalue weighted by Crippen LogP contribution is 2.31. The highest BCUT2D eigenvalue weighted by atomic mass is 35.5. The maximum atomic E-state index is 13.1. The molecule has 5 heterocycles. The van der Waals surface area contributed by atoms with Gasteiger partial charge in [0, 0.05) is 90.5 Å². The van der Waals surface area contributed by atoms with Crippen LogP contribution in [-0.4, -0.2) is 135 Å². The first-order chi connectivity index (χ1) is 62.1. The number of halogens is 15. The van der Waals surface area contributed by atoms with E-state index in [9.17, 15) is 66.7 Å². The number of hydrogen-bond acceptors (Lipinski definition) is 20. The molecule has 0 bridgehead atoms. The van der Waals surface area contributed by atoms with E-state index in [4.69, 9.17) is 50.9 Å². The highest BCUT2D eigenvalue weighted by molar-refractivity contribution is 6.19. The molecule has 137 heavy (non-hydrogen) atoms. The van der Waals surface area contributed by atoms with Crippen molar-refractivity contribution in [2.45, 2.75) is 209 Å². The monoisotopic (exact) mass is 1980 g/mol. The standard InChI is InChI=1S/C20H25F3N4O3.C18H17F2N3O.C16H13F2N3O.C15H17F3N4O.C11H11F2N3O.C10H16ClFO2.6CH4.ClH/c1-5-27-18(16(22)23)25-17(26-27)14-6-8-15(9-7-14)29-12-13(10-21)11-24-19(28)30-20(2,3)4;1-2-23-18(16(19)20)21-17(22-23)14-8-10-15(11-9-14)24-12-13-6-4-3-5-7-13;17-14(18)16-19-15(20-21-16)12-6-8-13(9-7-12)22-10-11-4-2-1-3-5-11;1-2-22-15(13(17)18)20-14(21-22)11-3-5-12(6-4-11)23-9-10(7-16)8-19;1-2-16-11(9(12)13)14-10(15-16)7-3-5-8(17)6-4-7;1-10(2,3)14-9(13)5-4-8(6-11)7-12;;;;;;;/h6-10,16H,5,11-12H2,1-4H3,(H,24,28);3-11,16H,2,12H2,1H3;1-9,14H,10H2,(H,19,20,21);3-7,13H,2,8-9,19H2,1H3;3-6,9,17H,2H2,1H3;7H,4-6H2,1-3H3;6*1H4;1H/b13-10+;;;10-7+;;8-7+;;;;;;;. The largest absolute Gasteiger partial charge is 0.508 e. The number of benzene rings is 7. The molecule has 12 rings (SSSR count). The molecule has 0 aliphatic rings. The van der Waals surface area contributed by atoms with Crippen molar-refractivity contribution in [3.8, 4) is 85.7 Å². The Morgan fingerprint density at radius 2 is 0.730 bits per heavy atom. The van der Waals surface area contributed by atoms with Crippen LogP contribution < -0.4 is 30.0 Å². The second-order valence-corrected chi connectivity index (χ2v) is 29.6. The summed E-state index contributed by atoms with van der Waals surface area (Å²) in [6.45, 7) is 19.6. The normalized spacial score (nSPS) is 11.0. The third kappa shape index (κ3) is 41.5. The Balaban J connectivity index is 0.00000162. The van der Waals surface area contributed by atoms with Gasteiger partial charge in [0.1, 0.15) is 66.4 Å². The number of aromatic hydroxyl groups is 1. The molecule has 7 aromatic carbocycles. The summed E-state index contributed by atoms with van der Waals surface area (Å²) in [4.78, 5) is 42.0. The molecule has 1 amide bonds. The summed E-state index contributed by atoms with van der Waals surface area (Å²) in [6.07, 6.45) is -12.3. The third-order valence-electron chi connectivity index (χ3n) is 17.2. The first-order valence-electron chi connectivity index (χ1n) is 40.3. The molecule has 5 N–H and O–H groups in total. The number of nitrogens with one attached hydrogen (secondary N) is 2. The molecule has 41 heteroatoms. The van der Waals surface area contributed by atoms with Crippen molar-refractivity contribution in [1.29, 1.82) is 0 Å². The van der Waals surface area contributed by atoms with Crippen molar-refractivity contribution in [3.05, 3.63) is 258 Å². The molecule has 0 fully saturated rings. The van der Waals surface area contributed by atoms with Crippen LogP contribution >= 0.6 is 24.0 Å². The molecular weight excluding hydrogens is 1850 g/mol. The molecule has 0 atom stereocenters. The smallest absolute Gasteiger partial charge is 0.407 e. The maximum Gasteiger partial charge on any atom is 0.407 e. The number of alkyl halides is 11.